The molecule has 18 heavy (non-hydrogen) atoms. The van der Waals surface area contributed by atoms with Crippen molar-refractivity contribution in [1.82, 2.24) is 14.8 Å². The summed E-state index contributed by atoms with van der Waals surface area (Å²) in [6.45, 7) is 6.43. The van der Waals surface area contributed by atoms with Gasteiger partial charge >= 0.3 is 0 Å². The summed E-state index contributed by atoms with van der Waals surface area (Å²) in [5, 5.41) is 8.09. The van der Waals surface area contributed by atoms with E-state index in [0.29, 0.717) is 6.61 Å². The summed E-state index contributed by atoms with van der Waals surface area (Å²) in [7, 11) is 1.94. The predicted octanol–water partition coefficient (Wildman–Crippen LogP) is 3.08. The van der Waals surface area contributed by atoms with Crippen molar-refractivity contribution >= 4 is 15.9 Å². The molecule has 0 saturated carbocycles. The second-order valence-corrected chi connectivity index (χ2v) is 5.23. The van der Waals surface area contributed by atoms with Gasteiger partial charge in [0.05, 0.1) is 0 Å². The van der Waals surface area contributed by atoms with E-state index < -0.39 is 0 Å². The number of hydrogen-bond acceptors (Lipinski definition) is 3. The van der Waals surface area contributed by atoms with Gasteiger partial charge < -0.3 is 9.30 Å². The highest BCUT2D eigenvalue weighted by Crippen LogP contribution is 2.26. The molecule has 4 nitrogen and oxygen atoms in total. The van der Waals surface area contributed by atoms with Crippen LogP contribution in [0.15, 0.2) is 16.6 Å². The number of aryl methyl sites for hydroxylation is 3. The van der Waals surface area contributed by atoms with E-state index in [1.165, 1.54) is 0 Å². The fraction of sp³-hybridized carbons (Fsp3) is 0.385. The summed E-state index contributed by atoms with van der Waals surface area (Å²) < 4.78 is 8.84. The first kappa shape index (κ1) is 13.1. The first-order valence-corrected chi connectivity index (χ1v) is 6.52. The normalized spacial score (nSPS) is 10.7. The fourth-order valence-electron chi connectivity index (χ4n) is 1.63. The Hall–Kier alpha value is -1.36. The monoisotopic (exact) mass is 309 g/mol. The Labute approximate surface area is 115 Å². The van der Waals surface area contributed by atoms with Crippen LogP contribution >= 0.6 is 15.9 Å². The predicted molar refractivity (Wildman–Crippen MR) is 73.7 cm³/mol. The summed E-state index contributed by atoms with van der Waals surface area (Å²) in [4.78, 5) is 0. The molecule has 0 aliphatic carbocycles. The Morgan fingerprint density at radius 3 is 2.50 bits per heavy atom. The summed E-state index contributed by atoms with van der Waals surface area (Å²) >= 11 is 3.51. The number of halogens is 1. The summed E-state index contributed by atoms with van der Waals surface area (Å²) in [6, 6.07) is 4.09. The van der Waals surface area contributed by atoms with Gasteiger partial charge in [0, 0.05) is 11.5 Å². The van der Waals surface area contributed by atoms with Gasteiger partial charge in [-0.05, 0) is 44.0 Å². The molecule has 1 aromatic heterocycles. The number of aromatic nitrogens is 3. The first-order chi connectivity index (χ1) is 8.49. The fourth-order valence-corrected chi connectivity index (χ4v) is 2.09. The van der Waals surface area contributed by atoms with Crippen molar-refractivity contribution in [2.75, 3.05) is 0 Å². The number of hydrogen-bond donors (Lipinski definition) is 0. The number of benzene rings is 1. The lowest BCUT2D eigenvalue weighted by atomic mass is 10.1. The van der Waals surface area contributed by atoms with Crippen LogP contribution in [-0.2, 0) is 13.7 Å². The topological polar surface area (TPSA) is 39.9 Å². The molecule has 5 heteroatoms. The summed E-state index contributed by atoms with van der Waals surface area (Å²) in [5.74, 6) is 2.60. The first-order valence-electron chi connectivity index (χ1n) is 5.73. The van der Waals surface area contributed by atoms with E-state index in [9.17, 15) is 0 Å². The van der Waals surface area contributed by atoms with Crippen LogP contribution in [0.3, 0.4) is 0 Å². The van der Waals surface area contributed by atoms with E-state index in [2.05, 4.69) is 32.2 Å². The molecule has 0 aliphatic rings. The van der Waals surface area contributed by atoms with E-state index in [4.69, 9.17) is 4.74 Å². The van der Waals surface area contributed by atoms with Crippen molar-refractivity contribution in [3.63, 3.8) is 0 Å². The number of ether oxygens (including phenoxy) is 1. The minimum absolute atomic E-state index is 0.430. The van der Waals surface area contributed by atoms with E-state index in [1.807, 2.05) is 38.5 Å². The maximum atomic E-state index is 5.81. The summed E-state index contributed by atoms with van der Waals surface area (Å²) in [6.07, 6.45) is 0. The minimum atomic E-state index is 0.430. The lowest BCUT2D eigenvalue weighted by molar-refractivity contribution is 0.289. The van der Waals surface area contributed by atoms with Crippen LogP contribution < -0.4 is 4.74 Å². The van der Waals surface area contributed by atoms with E-state index in [0.717, 1.165) is 33.0 Å². The van der Waals surface area contributed by atoms with Crippen LogP contribution in [0.4, 0.5) is 0 Å². The van der Waals surface area contributed by atoms with Crippen LogP contribution in [0.2, 0.25) is 0 Å². The lowest BCUT2D eigenvalue weighted by Crippen LogP contribution is -2.05. The van der Waals surface area contributed by atoms with E-state index in [1.54, 1.807) is 0 Å². The Balaban J connectivity index is 2.16. The van der Waals surface area contributed by atoms with Gasteiger partial charge in [0.2, 0.25) is 0 Å². The van der Waals surface area contributed by atoms with Gasteiger partial charge in [0.1, 0.15) is 18.2 Å². The molecular weight excluding hydrogens is 294 g/mol. The highest BCUT2D eigenvalue weighted by atomic mass is 79.9. The van der Waals surface area contributed by atoms with Crippen molar-refractivity contribution in [2.24, 2.45) is 7.05 Å². The molecule has 0 radical (unpaired) electrons. The standard InChI is InChI=1S/C13H16BrN3O/c1-8-6-12(9(2)5-11(8)14)18-7-13-16-15-10(3)17(13)4/h5-6H,7H2,1-4H3. The highest BCUT2D eigenvalue weighted by Gasteiger charge is 2.08. The van der Waals surface area contributed by atoms with Gasteiger partial charge in [-0.25, -0.2) is 0 Å². The Bertz CT molecular complexity index is 578. The van der Waals surface area contributed by atoms with Gasteiger partial charge in [0.25, 0.3) is 0 Å². The summed E-state index contributed by atoms with van der Waals surface area (Å²) in [5.41, 5.74) is 2.26. The van der Waals surface area contributed by atoms with Crippen molar-refractivity contribution in [3.05, 3.63) is 39.4 Å². The maximum Gasteiger partial charge on any atom is 0.170 e. The van der Waals surface area contributed by atoms with Crippen molar-refractivity contribution in [2.45, 2.75) is 27.4 Å². The molecule has 1 aromatic carbocycles. The third-order valence-corrected chi connectivity index (χ3v) is 3.85. The minimum Gasteiger partial charge on any atom is -0.485 e. The van der Waals surface area contributed by atoms with Gasteiger partial charge in [-0.2, -0.15) is 0 Å². The van der Waals surface area contributed by atoms with E-state index >= 15 is 0 Å². The molecule has 0 aliphatic heterocycles. The average molecular weight is 310 g/mol. The molecule has 0 fully saturated rings. The number of nitrogens with zero attached hydrogens (tertiary/aromatic N) is 3. The highest BCUT2D eigenvalue weighted by molar-refractivity contribution is 9.10. The maximum absolute atomic E-state index is 5.81. The zero-order valence-electron chi connectivity index (χ0n) is 11.0. The SMILES string of the molecule is Cc1cc(OCc2nnc(C)n2C)c(C)cc1Br. The molecule has 0 saturated heterocycles. The molecule has 2 rings (SSSR count). The van der Waals surface area contributed by atoms with Gasteiger partial charge in [-0.3, -0.25) is 0 Å². The van der Waals surface area contributed by atoms with Crippen LogP contribution in [0, 0.1) is 20.8 Å². The van der Waals surface area contributed by atoms with Crippen LogP contribution in [0.25, 0.3) is 0 Å². The quantitative estimate of drug-likeness (QED) is 0.874. The Morgan fingerprint density at radius 2 is 1.89 bits per heavy atom. The molecule has 0 bridgehead atoms. The van der Waals surface area contributed by atoms with Crippen molar-refractivity contribution in [1.29, 1.82) is 0 Å². The van der Waals surface area contributed by atoms with Crippen LogP contribution in [0.1, 0.15) is 22.8 Å². The molecule has 0 amide bonds. The smallest absolute Gasteiger partial charge is 0.170 e. The molecule has 2 aromatic rings. The average Bonchev–Trinajstić information content (AvgIpc) is 2.63. The lowest BCUT2D eigenvalue weighted by Gasteiger charge is -2.10. The third kappa shape index (κ3) is 2.56. The Kier molecular flexibility index (Phi) is 3.71. The Morgan fingerprint density at radius 1 is 1.17 bits per heavy atom. The third-order valence-electron chi connectivity index (χ3n) is 3.00. The molecule has 0 spiro atoms. The molecular formula is C13H16BrN3O. The zero-order chi connectivity index (χ0) is 13.3. The number of rotatable bonds is 3. The second kappa shape index (κ2) is 5.10. The van der Waals surface area contributed by atoms with Gasteiger partial charge in [-0.15, -0.1) is 10.2 Å². The molecule has 96 valence electrons. The molecule has 1 heterocycles. The largest absolute Gasteiger partial charge is 0.485 e. The zero-order valence-corrected chi connectivity index (χ0v) is 12.6. The van der Waals surface area contributed by atoms with Crippen LogP contribution in [0.5, 0.6) is 5.75 Å². The molecule has 0 unspecified atom stereocenters. The van der Waals surface area contributed by atoms with E-state index in [-0.39, 0.29) is 0 Å². The van der Waals surface area contributed by atoms with Crippen molar-refractivity contribution in [3.8, 4) is 5.75 Å². The molecule has 0 atom stereocenters. The molecule has 0 N–H and O–H groups in total. The van der Waals surface area contributed by atoms with Gasteiger partial charge in [-0.1, -0.05) is 15.9 Å². The second-order valence-electron chi connectivity index (χ2n) is 4.38. The van der Waals surface area contributed by atoms with Gasteiger partial charge in [0.15, 0.2) is 5.82 Å². The van der Waals surface area contributed by atoms with Crippen molar-refractivity contribution < 1.29 is 4.74 Å². The van der Waals surface area contributed by atoms with Crippen LogP contribution in [-0.4, -0.2) is 14.8 Å².